The normalized spacial score (nSPS) is 22.3. The summed E-state index contributed by atoms with van der Waals surface area (Å²) in [4.78, 5) is 12.0. The number of sulfonamides is 1. The summed E-state index contributed by atoms with van der Waals surface area (Å²) in [5.74, 6) is 0.0358. The minimum atomic E-state index is -3.63. The first-order valence-electron chi connectivity index (χ1n) is 8.10. The second-order valence-electron chi connectivity index (χ2n) is 6.64. The fourth-order valence-corrected chi connectivity index (χ4v) is 4.09. The smallest absolute Gasteiger partial charge is 0.242 e. The van der Waals surface area contributed by atoms with Gasteiger partial charge < -0.3 is 5.32 Å². The molecule has 8 heteroatoms. The van der Waals surface area contributed by atoms with Crippen molar-refractivity contribution in [3.8, 4) is 0 Å². The van der Waals surface area contributed by atoms with Gasteiger partial charge in [-0.15, -0.1) is 0 Å². The molecule has 130 valence electrons. The van der Waals surface area contributed by atoms with Crippen LogP contribution >= 0.6 is 0 Å². The Labute approximate surface area is 137 Å². The van der Waals surface area contributed by atoms with Crippen LogP contribution in [-0.4, -0.2) is 35.9 Å². The van der Waals surface area contributed by atoms with Crippen LogP contribution in [0.4, 0.5) is 5.82 Å². The van der Waals surface area contributed by atoms with Crippen LogP contribution in [-0.2, 0) is 14.8 Å². The molecule has 1 fully saturated rings. The van der Waals surface area contributed by atoms with Gasteiger partial charge in [-0.25, -0.2) is 17.8 Å². The molecule has 23 heavy (non-hydrogen) atoms. The second-order valence-corrected chi connectivity index (χ2v) is 8.39. The summed E-state index contributed by atoms with van der Waals surface area (Å²) < 4.78 is 28.6. The lowest BCUT2D eigenvalue weighted by atomic mass is 9.88. The van der Waals surface area contributed by atoms with Gasteiger partial charge in [-0.05, 0) is 45.4 Å². The van der Waals surface area contributed by atoms with Crippen LogP contribution in [0.15, 0.2) is 12.3 Å². The molecule has 2 N–H and O–H groups in total. The number of carbonyl (C=O) groups is 1. The molecule has 1 aliphatic rings. The molecule has 0 aliphatic heterocycles. The number of rotatable bonds is 6. The van der Waals surface area contributed by atoms with Crippen molar-refractivity contribution in [3.05, 3.63) is 12.3 Å². The molecule has 0 saturated heterocycles. The molecule has 7 nitrogen and oxygen atoms in total. The molecular weight excluding hydrogens is 316 g/mol. The van der Waals surface area contributed by atoms with Crippen molar-refractivity contribution >= 4 is 21.7 Å². The highest BCUT2D eigenvalue weighted by Gasteiger charge is 2.25. The van der Waals surface area contributed by atoms with Gasteiger partial charge in [0.25, 0.3) is 0 Å². The number of anilines is 1. The highest BCUT2D eigenvalue weighted by Crippen LogP contribution is 2.23. The topological polar surface area (TPSA) is 93.1 Å². The van der Waals surface area contributed by atoms with Crippen LogP contribution in [0.2, 0.25) is 0 Å². The fourth-order valence-electron chi connectivity index (χ4n) is 2.85. The predicted octanol–water partition coefficient (Wildman–Crippen LogP) is 1.90. The maximum absolute atomic E-state index is 12.1. The third-order valence-electron chi connectivity index (χ3n) is 4.11. The number of nitrogens with one attached hydrogen (secondary N) is 2. The van der Waals surface area contributed by atoms with Crippen molar-refractivity contribution < 1.29 is 13.2 Å². The van der Waals surface area contributed by atoms with E-state index < -0.39 is 21.7 Å². The highest BCUT2D eigenvalue weighted by atomic mass is 32.2. The Morgan fingerprint density at radius 1 is 1.35 bits per heavy atom. The first-order chi connectivity index (χ1) is 10.8. The van der Waals surface area contributed by atoms with E-state index in [1.54, 1.807) is 16.9 Å². The van der Waals surface area contributed by atoms with Crippen molar-refractivity contribution in [2.24, 2.45) is 5.92 Å². The molecule has 1 aliphatic carbocycles. The molecular formula is C15H26N4O3S. The van der Waals surface area contributed by atoms with Crippen molar-refractivity contribution in [2.45, 2.75) is 58.5 Å². The SMILES string of the molecule is CC1CCC(NS(=O)(=O)CC(=O)Nc2ccnn2C(C)C)CC1. The zero-order valence-corrected chi connectivity index (χ0v) is 14.8. The molecule has 1 heterocycles. The first-order valence-corrected chi connectivity index (χ1v) is 9.75. The number of amides is 1. The van der Waals surface area contributed by atoms with Crippen LogP contribution in [0.5, 0.6) is 0 Å². The predicted molar refractivity (Wildman–Crippen MR) is 89.6 cm³/mol. The van der Waals surface area contributed by atoms with Gasteiger partial charge >= 0.3 is 0 Å². The molecule has 0 unspecified atom stereocenters. The molecule has 1 amide bonds. The van der Waals surface area contributed by atoms with E-state index in [0.29, 0.717) is 11.7 Å². The Hall–Kier alpha value is -1.41. The monoisotopic (exact) mass is 342 g/mol. The molecule has 0 radical (unpaired) electrons. The fraction of sp³-hybridized carbons (Fsp3) is 0.733. The minimum absolute atomic E-state index is 0.0507. The third kappa shape index (κ3) is 5.31. The van der Waals surface area contributed by atoms with E-state index in [9.17, 15) is 13.2 Å². The van der Waals surface area contributed by atoms with E-state index in [4.69, 9.17) is 0 Å². The van der Waals surface area contributed by atoms with Crippen LogP contribution in [0.1, 0.15) is 52.5 Å². The van der Waals surface area contributed by atoms with Gasteiger partial charge in [-0.3, -0.25) is 4.79 Å². The number of hydrogen-bond acceptors (Lipinski definition) is 4. The summed E-state index contributed by atoms with van der Waals surface area (Å²) in [6, 6.07) is 1.69. The Bertz CT molecular complexity index is 631. The van der Waals surface area contributed by atoms with Crippen LogP contribution < -0.4 is 10.0 Å². The molecule has 1 saturated carbocycles. The Kier molecular flexibility index (Phi) is 5.80. The molecule has 2 rings (SSSR count). The van der Waals surface area contributed by atoms with Gasteiger partial charge in [0.05, 0.1) is 6.20 Å². The van der Waals surface area contributed by atoms with Crippen molar-refractivity contribution in [1.82, 2.24) is 14.5 Å². The minimum Gasteiger partial charge on any atom is -0.310 e. The first kappa shape index (κ1) is 17.9. The van der Waals surface area contributed by atoms with E-state index in [1.807, 2.05) is 13.8 Å². The van der Waals surface area contributed by atoms with E-state index in [-0.39, 0.29) is 12.1 Å². The van der Waals surface area contributed by atoms with Crippen molar-refractivity contribution in [1.29, 1.82) is 0 Å². The van der Waals surface area contributed by atoms with Crippen LogP contribution in [0.25, 0.3) is 0 Å². The van der Waals surface area contributed by atoms with Gasteiger partial charge in [0.15, 0.2) is 0 Å². The zero-order valence-electron chi connectivity index (χ0n) is 13.9. The molecule has 0 aromatic carbocycles. The number of nitrogens with zero attached hydrogens (tertiary/aromatic N) is 2. The Morgan fingerprint density at radius 3 is 2.61 bits per heavy atom. The summed E-state index contributed by atoms with van der Waals surface area (Å²) in [6.45, 7) is 6.05. The number of carbonyl (C=O) groups excluding carboxylic acids is 1. The standard InChI is InChI=1S/C15H26N4O3S/c1-11(2)19-14(8-9-16-19)17-15(20)10-23(21,22)18-13-6-4-12(3)5-7-13/h8-9,11-13,18H,4-7,10H2,1-3H3,(H,17,20). The van der Waals surface area contributed by atoms with E-state index >= 15 is 0 Å². The van der Waals surface area contributed by atoms with Crippen LogP contribution in [0.3, 0.4) is 0 Å². The third-order valence-corrected chi connectivity index (χ3v) is 5.44. The lowest BCUT2D eigenvalue weighted by Gasteiger charge is -2.26. The zero-order chi connectivity index (χ0) is 17.0. The maximum Gasteiger partial charge on any atom is 0.242 e. The Balaban J connectivity index is 1.89. The quantitative estimate of drug-likeness (QED) is 0.826. The van der Waals surface area contributed by atoms with E-state index in [1.165, 1.54) is 0 Å². The van der Waals surface area contributed by atoms with Gasteiger partial charge in [-0.2, -0.15) is 5.10 Å². The maximum atomic E-state index is 12.1. The molecule has 1 aromatic heterocycles. The van der Waals surface area contributed by atoms with Crippen molar-refractivity contribution in [3.63, 3.8) is 0 Å². The molecule has 0 spiro atoms. The van der Waals surface area contributed by atoms with Gasteiger partial charge in [0.2, 0.25) is 15.9 Å². The Morgan fingerprint density at radius 2 is 2.00 bits per heavy atom. The lowest BCUT2D eigenvalue weighted by molar-refractivity contribution is -0.113. The summed E-state index contributed by atoms with van der Waals surface area (Å²) in [5.41, 5.74) is 0. The van der Waals surface area contributed by atoms with Gasteiger partial charge in [-0.1, -0.05) is 6.92 Å². The lowest BCUT2D eigenvalue weighted by Crippen LogP contribution is -2.41. The summed E-state index contributed by atoms with van der Waals surface area (Å²) in [5, 5.41) is 6.72. The van der Waals surface area contributed by atoms with Crippen molar-refractivity contribution in [2.75, 3.05) is 11.1 Å². The van der Waals surface area contributed by atoms with E-state index in [2.05, 4.69) is 22.1 Å². The largest absolute Gasteiger partial charge is 0.310 e. The van der Waals surface area contributed by atoms with Gasteiger partial charge in [0, 0.05) is 18.2 Å². The number of aromatic nitrogens is 2. The average molecular weight is 342 g/mol. The van der Waals surface area contributed by atoms with E-state index in [0.717, 1.165) is 25.7 Å². The average Bonchev–Trinajstić information content (AvgIpc) is 2.88. The summed E-state index contributed by atoms with van der Waals surface area (Å²) in [6.07, 6.45) is 5.29. The summed E-state index contributed by atoms with van der Waals surface area (Å²) in [7, 11) is -3.63. The highest BCUT2D eigenvalue weighted by molar-refractivity contribution is 7.90. The van der Waals surface area contributed by atoms with Crippen LogP contribution in [0, 0.1) is 5.92 Å². The molecule has 0 atom stereocenters. The molecule has 1 aromatic rings. The van der Waals surface area contributed by atoms with Gasteiger partial charge in [0.1, 0.15) is 11.6 Å². The second kappa shape index (κ2) is 7.44. The summed E-state index contributed by atoms with van der Waals surface area (Å²) >= 11 is 0. The number of hydrogen-bond donors (Lipinski definition) is 2. The molecule has 0 bridgehead atoms.